The molecule has 248 valence electrons. The number of hydrogen-bond donors (Lipinski definition) is 0. The van der Waals surface area contributed by atoms with Crippen LogP contribution in [0.3, 0.4) is 0 Å². The van der Waals surface area contributed by atoms with Crippen molar-refractivity contribution in [1.82, 2.24) is 0 Å². The molecule has 0 aliphatic heterocycles. The maximum atomic E-state index is 11.9. The van der Waals surface area contributed by atoms with Gasteiger partial charge in [-0.1, -0.05) is 92.7 Å². The summed E-state index contributed by atoms with van der Waals surface area (Å²) in [5.74, 6) is 1.79. The van der Waals surface area contributed by atoms with Crippen molar-refractivity contribution in [3.63, 3.8) is 0 Å². The van der Waals surface area contributed by atoms with Gasteiger partial charge in [0.15, 0.2) is 23.0 Å². The molecule has 9 heteroatoms. The van der Waals surface area contributed by atoms with Gasteiger partial charge in [0, 0.05) is 25.5 Å². The summed E-state index contributed by atoms with van der Waals surface area (Å²) in [6.45, 7) is 8.52. The minimum Gasteiger partial charge on any atom is -0.493 e. The van der Waals surface area contributed by atoms with Crippen molar-refractivity contribution in [3.8, 4) is 23.0 Å². The summed E-state index contributed by atoms with van der Waals surface area (Å²) >= 11 is 0. The predicted molar refractivity (Wildman–Crippen MR) is 188 cm³/mol. The van der Waals surface area contributed by atoms with Crippen LogP contribution in [0, 0.1) is 0 Å². The van der Waals surface area contributed by atoms with E-state index in [0.717, 1.165) is 16.7 Å². The van der Waals surface area contributed by atoms with Gasteiger partial charge in [-0.2, -0.15) is 0 Å². The zero-order chi connectivity index (χ0) is 34.0. The molecule has 4 aromatic rings. The highest BCUT2D eigenvalue weighted by Gasteiger charge is 2.50. The standard InChI is InChI=1S/C38H45NO7Si/c1-27(40)46-39-33(23-28-19-20-34(41-5)35(24-28)42-6)32-26-37(44-8)36(43-7)25-29(32)21-22-45-47(38(2,3)4,30-15-11-9-12-16-30)31-17-13-10-14-18-31/h9-20,24-26H,21-23H2,1-8H3/b39-33+. The lowest BCUT2D eigenvalue weighted by molar-refractivity contribution is -0.140. The monoisotopic (exact) mass is 655 g/mol. The normalized spacial score (nSPS) is 12.0. The lowest BCUT2D eigenvalue weighted by atomic mass is 9.95. The molecule has 0 atom stereocenters. The Bertz CT molecular complexity index is 1630. The van der Waals surface area contributed by atoms with Gasteiger partial charge in [0.05, 0.1) is 34.2 Å². The number of carbonyl (C=O) groups excluding carboxylic acids is 1. The van der Waals surface area contributed by atoms with Gasteiger partial charge in [-0.3, -0.25) is 0 Å². The molecule has 0 spiro atoms. The molecule has 0 aromatic heterocycles. The summed E-state index contributed by atoms with van der Waals surface area (Å²) in [6.07, 6.45) is 0.872. The topological polar surface area (TPSA) is 84.8 Å². The number of methoxy groups -OCH3 is 4. The van der Waals surface area contributed by atoms with E-state index in [1.165, 1.54) is 17.3 Å². The van der Waals surface area contributed by atoms with Crippen molar-refractivity contribution >= 4 is 30.4 Å². The molecule has 0 amide bonds. The zero-order valence-corrected chi connectivity index (χ0v) is 29.6. The van der Waals surface area contributed by atoms with E-state index in [1.54, 1.807) is 28.4 Å². The summed E-state index contributed by atoms with van der Waals surface area (Å²) in [7, 11) is 3.60. The Morgan fingerprint density at radius 3 is 1.74 bits per heavy atom. The number of ether oxygens (including phenoxy) is 4. The first kappa shape index (κ1) is 35.3. The summed E-state index contributed by atoms with van der Waals surface area (Å²) < 4.78 is 29.6. The van der Waals surface area contributed by atoms with Crippen LogP contribution >= 0.6 is 0 Å². The van der Waals surface area contributed by atoms with Crippen LogP contribution in [0.4, 0.5) is 0 Å². The Balaban J connectivity index is 1.80. The average Bonchev–Trinajstić information content (AvgIpc) is 3.08. The Morgan fingerprint density at radius 2 is 1.23 bits per heavy atom. The Hall–Kier alpha value is -4.60. The molecule has 47 heavy (non-hydrogen) atoms. The van der Waals surface area contributed by atoms with E-state index in [-0.39, 0.29) is 5.04 Å². The van der Waals surface area contributed by atoms with Gasteiger partial charge in [0.1, 0.15) is 0 Å². The molecule has 0 bridgehead atoms. The Kier molecular flexibility index (Phi) is 11.8. The second-order valence-corrected chi connectivity index (χ2v) is 16.4. The minimum atomic E-state index is -2.78. The maximum absolute atomic E-state index is 11.9. The third-order valence-corrected chi connectivity index (χ3v) is 13.2. The van der Waals surface area contributed by atoms with Crippen LogP contribution in [0.1, 0.15) is 44.4 Å². The molecule has 0 saturated carbocycles. The first-order valence-electron chi connectivity index (χ1n) is 15.5. The molecule has 0 saturated heterocycles. The van der Waals surface area contributed by atoms with E-state index < -0.39 is 14.3 Å². The quantitative estimate of drug-likeness (QED) is 0.0678. The van der Waals surface area contributed by atoms with Crippen LogP contribution in [-0.4, -0.2) is 55.0 Å². The van der Waals surface area contributed by atoms with E-state index >= 15 is 0 Å². The number of nitrogens with zero attached hydrogens (tertiary/aromatic N) is 1. The highest BCUT2D eigenvalue weighted by molar-refractivity contribution is 6.99. The molecule has 0 N–H and O–H groups in total. The number of carbonyl (C=O) groups is 1. The molecule has 0 radical (unpaired) electrons. The minimum absolute atomic E-state index is 0.175. The van der Waals surface area contributed by atoms with Gasteiger partial charge in [0.2, 0.25) is 0 Å². The molecule has 0 aliphatic rings. The summed E-state index contributed by atoms with van der Waals surface area (Å²) in [5.41, 5.74) is 3.09. The predicted octanol–water partition coefficient (Wildman–Crippen LogP) is 6.35. The molecule has 0 heterocycles. The second kappa shape index (κ2) is 15.8. The van der Waals surface area contributed by atoms with Gasteiger partial charge < -0.3 is 28.2 Å². The third kappa shape index (κ3) is 8.04. The van der Waals surface area contributed by atoms with Crippen LogP contribution < -0.4 is 29.3 Å². The molecule has 4 aromatic carbocycles. The fraction of sp³-hybridized carbons (Fsp3) is 0.316. The van der Waals surface area contributed by atoms with Crippen LogP contribution in [0.2, 0.25) is 5.04 Å². The van der Waals surface area contributed by atoms with Crippen molar-refractivity contribution in [2.24, 2.45) is 5.16 Å². The van der Waals surface area contributed by atoms with Crippen molar-refractivity contribution in [3.05, 3.63) is 108 Å². The van der Waals surface area contributed by atoms with E-state index in [9.17, 15) is 4.79 Å². The molecule has 4 rings (SSSR count). The van der Waals surface area contributed by atoms with Gasteiger partial charge in [0.25, 0.3) is 8.32 Å². The lowest BCUT2D eigenvalue weighted by Gasteiger charge is -2.43. The zero-order valence-electron chi connectivity index (χ0n) is 28.6. The van der Waals surface area contributed by atoms with Crippen molar-refractivity contribution in [1.29, 1.82) is 0 Å². The Morgan fingerprint density at radius 1 is 0.702 bits per heavy atom. The summed E-state index contributed by atoms with van der Waals surface area (Å²) in [4.78, 5) is 17.2. The van der Waals surface area contributed by atoms with E-state index in [1.807, 2.05) is 42.5 Å². The number of oxime groups is 1. The van der Waals surface area contributed by atoms with E-state index in [2.05, 4.69) is 74.5 Å². The van der Waals surface area contributed by atoms with Gasteiger partial charge in [-0.25, -0.2) is 4.79 Å². The van der Waals surface area contributed by atoms with Crippen LogP contribution in [0.15, 0.2) is 96.2 Å². The number of rotatable bonds is 14. The molecule has 0 unspecified atom stereocenters. The Labute approximate surface area is 279 Å². The molecule has 8 nitrogen and oxygen atoms in total. The first-order valence-corrected chi connectivity index (χ1v) is 17.4. The van der Waals surface area contributed by atoms with Crippen LogP contribution in [0.5, 0.6) is 23.0 Å². The highest BCUT2D eigenvalue weighted by Crippen LogP contribution is 2.38. The van der Waals surface area contributed by atoms with Gasteiger partial charge in [-0.15, -0.1) is 0 Å². The fourth-order valence-electron chi connectivity index (χ4n) is 5.95. The van der Waals surface area contributed by atoms with Crippen molar-refractivity contribution < 1.29 is 33.0 Å². The summed E-state index contributed by atoms with van der Waals surface area (Å²) in [5, 5.41) is 6.57. The summed E-state index contributed by atoms with van der Waals surface area (Å²) in [6, 6.07) is 30.6. The number of benzene rings is 4. The molecular formula is C38H45NO7Si. The average molecular weight is 656 g/mol. The van der Waals surface area contributed by atoms with Crippen LogP contribution in [-0.2, 0) is 26.9 Å². The molecule has 0 aliphatic carbocycles. The van der Waals surface area contributed by atoms with Crippen molar-refractivity contribution in [2.75, 3.05) is 35.0 Å². The largest absolute Gasteiger partial charge is 0.493 e. The smallest absolute Gasteiger partial charge is 0.331 e. The van der Waals surface area contributed by atoms with Gasteiger partial charge in [-0.05, 0) is 57.2 Å². The van der Waals surface area contributed by atoms with Crippen LogP contribution in [0.25, 0.3) is 0 Å². The van der Waals surface area contributed by atoms with Gasteiger partial charge >= 0.3 is 5.97 Å². The van der Waals surface area contributed by atoms with E-state index in [0.29, 0.717) is 48.2 Å². The van der Waals surface area contributed by atoms with Crippen molar-refractivity contribution in [2.45, 2.75) is 45.6 Å². The van der Waals surface area contributed by atoms with E-state index in [4.69, 9.17) is 28.2 Å². The molecular weight excluding hydrogens is 611 g/mol. The lowest BCUT2D eigenvalue weighted by Crippen LogP contribution is -2.66. The number of hydrogen-bond acceptors (Lipinski definition) is 8. The first-order chi connectivity index (χ1) is 22.6. The third-order valence-electron chi connectivity index (χ3n) is 8.13. The second-order valence-electron chi connectivity index (χ2n) is 12.1. The highest BCUT2D eigenvalue weighted by atomic mass is 28.4. The molecule has 0 fully saturated rings. The maximum Gasteiger partial charge on any atom is 0.331 e. The fourth-order valence-corrected chi connectivity index (χ4v) is 10.5. The SMILES string of the molecule is COc1ccc(C/C(=N\OC(C)=O)c2cc(OC)c(OC)cc2CCO[Si](c2ccccc2)(c2ccccc2)C(C)(C)C)cc1OC.